The molecular formula is C20H14FN7OS. The van der Waals surface area contributed by atoms with Crippen LogP contribution in [-0.4, -0.2) is 35.0 Å². The number of carbonyl (C=O) groups is 1. The molecule has 1 N–H and O–H groups in total. The van der Waals surface area contributed by atoms with Crippen molar-refractivity contribution >= 4 is 28.0 Å². The number of aryl methyl sites for hydroxylation is 1. The molecule has 5 rings (SSSR count). The Hall–Kier alpha value is -3.92. The van der Waals surface area contributed by atoms with Crippen LogP contribution in [0.15, 0.2) is 61.3 Å². The molecule has 0 spiro atoms. The van der Waals surface area contributed by atoms with E-state index >= 15 is 0 Å². The lowest BCUT2D eigenvalue weighted by Gasteiger charge is -2.05. The molecule has 10 heteroatoms. The molecule has 0 bridgehead atoms. The Morgan fingerprint density at radius 3 is 2.77 bits per heavy atom. The molecule has 0 fully saturated rings. The maximum absolute atomic E-state index is 13.2. The topological polar surface area (TPSA) is 90.0 Å². The second kappa shape index (κ2) is 7.16. The van der Waals surface area contributed by atoms with E-state index in [1.54, 1.807) is 41.3 Å². The molecule has 0 saturated heterocycles. The van der Waals surface area contributed by atoms with Gasteiger partial charge >= 0.3 is 0 Å². The summed E-state index contributed by atoms with van der Waals surface area (Å²) < 4.78 is 16.6. The Balaban J connectivity index is 1.41. The second-order valence-corrected chi connectivity index (χ2v) is 7.45. The highest BCUT2D eigenvalue weighted by Gasteiger charge is 2.19. The number of benzene rings is 1. The summed E-state index contributed by atoms with van der Waals surface area (Å²) in [5, 5.41) is 6.92. The van der Waals surface area contributed by atoms with E-state index in [0.717, 1.165) is 17.0 Å². The first-order chi connectivity index (χ1) is 14.6. The minimum absolute atomic E-state index is 0.281. The molecule has 0 saturated carbocycles. The monoisotopic (exact) mass is 419 g/mol. The van der Waals surface area contributed by atoms with Gasteiger partial charge in [0.15, 0.2) is 10.8 Å². The molecule has 0 unspecified atom stereocenters. The summed E-state index contributed by atoms with van der Waals surface area (Å²) in [6, 6.07) is 9.58. The number of rotatable bonds is 4. The van der Waals surface area contributed by atoms with Gasteiger partial charge in [0.2, 0.25) is 0 Å². The van der Waals surface area contributed by atoms with E-state index in [0.29, 0.717) is 21.5 Å². The molecule has 1 aromatic carbocycles. The Labute approximate surface area is 173 Å². The highest BCUT2D eigenvalue weighted by atomic mass is 32.1. The zero-order valence-corrected chi connectivity index (χ0v) is 16.5. The number of fused-ring (bicyclic) bond motifs is 1. The minimum atomic E-state index is -0.296. The van der Waals surface area contributed by atoms with E-state index in [-0.39, 0.29) is 11.7 Å². The lowest BCUT2D eigenvalue weighted by molar-refractivity contribution is 0.102. The lowest BCUT2D eigenvalue weighted by atomic mass is 10.2. The van der Waals surface area contributed by atoms with Gasteiger partial charge in [-0.15, -0.1) is 0 Å². The predicted octanol–water partition coefficient (Wildman–Crippen LogP) is 3.74. The molecule has 0 aliphatic rings. The summed E-state index contributed by atoms with van der Waals surface area (Å²) in [6.45, 7) is 1.85. The van der Waals surface area contributed by atoms with Crippen molar-refractivity contribution in [3.05, 3.63) is 77.7 Å². The summed E-state index contributed by atoms with van der Waals surface area (Å²) in [7, 11) is 0. The normalized spacial score (nSPS) is 11.1. The highest BCUT2D eigenvalue weighted by Crippen LogP contribution is 2.28. The zero-order valence-electron chi connectivity index (χ0n) is 15.7. The summed E-state index contributed by atoms with van der Waals surface area (Å²) in [5.74, 6) is 0.344. The van der Waals surface area contributed by atoms with Crippen LogP contribution >= 0.6 is 11.3 Å². The van der Waals surface area contributed by atoms with Gasteiger partial charge in [-0.2, -0.15) is 5.10 Å². The van der Waals surface area contributed by atoms with Crippen molar-refractivity contribution in [2.24, 2.45) is 0 Å². The third kappa shape index (κ3) is 3.22. The van der Waals surface area contributed by atoms with Crippen molar-refractivity contribution in [1.82, 2.24) is 29.1 Å². The number of aromatic nitrogens is 6. The largest absolute Gasteiger partial charge is 0.306 e. The molecule has 4 heterocycles. The van der Waals surface area contributed by atoms with E-state index in [4.69, 9.17) is 0 Å². The SMILES string of the molecule is Cc1c(C(=O)Nc2cc(-n3cccn3)ncn2)sc2nc(-c3ccc(F)cc3)cn12. The van der Waals surface area contributed by atoms with Gasteiger partial charge in [0.05, 0.1) is 5.69 Å². The molecule has 0 atom stereocenters. The smallest absolute Gasteiger partial charge is 0.268 e. The van der Waals surface area contributed by atoms with Crippen LogP contribution in [0.4, 0.5) is 10.2 Å². The third-order valence-electron chi connectivity index (χ3n) is 4.54. The van der Waals surface area contributed by atoms with Crippen molar-refractivity contribution in [1.29, 1.82) is 0 Å². The van der Waals surface area contributed by atoms with Crippen LogP contribution < -0.4 is 5.32 Å². The maximum atomic E-state index is 13.2. The number of nitrogens with one attached hydrogen (secondary N) is 1. The van der Waals surface area contributed by atoms with Crippen molar-refractivity contribution in [2.45, 2.75) is 6.92 Å². The first-order valence-electron chi connectivity index (χ1n) is 8.96. The molecule has 0 aliphatic heterocycles. The summed E-state index contributed by atoms with van der Waals surface area (Å²) >= 11 is 1.28. The molecule has 0 radical (unpaired) electrons. The fraction of sp³-hybridized carbons (Fsp3) is 0.0500. The Morgan fingerprint density at radius 2 is 2.03 bits per heavy atom. The molecule has 5 aromatic rings. The number of hydrogen-bond donors (Lipinski definition) is 1. The highest BCUT2D eigenvalue weighted by molar-refractivity contribution is 7.19. The van der Waals surface area contributed by atoms with Gasteiger partial charge in [-0.3, -0.25) is 9.20 Å². The lowest BCUT2D eigenvalue weighted by Crippen LogP contribution is -2.13. The van der Waals surface area contributed by atoms with Crippen LogP contribution in [0.5, 0.6) is 0 Å². The van der Waals surface area contributed by atoms with Crippen LogP contribution in [0.1, 0.15) is 15.4 Å². The maximum Gasteiger partial charge on any atom is 0.268 e. The molecule has 148 valence electrons. The van der Waals surface area contributed by atoms with Crippen molar-refractivity contribution in [3.8, 4) is 17.1 Å². The van der Waals surface area contributed by atoms with Crippen LogP contribution in [0, 0.1) is 12.7 Å². The van der Waals surface area contributed by atoms with Gasteiger partial charge in [0.25, 0.3) is 5.91 Å². The Kier molecular flexibility index (Phi) is 4.32. The number of thiazole rings is 1. The molecule has 0 aliphatic carbocycles. The first kappa shape index (κ1) is 18.1. The second-order valence-electron chi connectivity index (χ2n) is 6.47. The number of anilines is 1. The minimum Gasteiger partial charge on any atom is -0.306 e. The number of hydrogen-bond acceptors (Lipinski definition) is 6. The van der Waals surface area contributed by atoms with E-state index in [1.165, 1.54) is 29.8 Å². The van der Waals surface area contributed by atoms with E-state index in [1.807, 2.05) is 17.5 Å². The van der Waals surface area contributed by atoms with Gasteiger partial charge in [-0.1, -0.05) is 11.3 Å². The summed E-state index contributed by atoms with van der Waals surface area (Å²) in [6.07, 6.45) is 6.61. The fourth-order valence-corrected chi connectivity index (χ4v) is 4.04. The van der Waals surface area contributed by atoms with Gasteiger partial charge in [-0.25, -0.2) is 24.0 Å². The number of nitrogens with zero attached hydrogens (tertiary/aromatic N) is 6. The summed E-state index contributed by atoms with van der Waals surface area (Å²) in [4.78, 5) is 26.9. The van der Waals surface area contributed by atoms with Crippen LogP contribution in [0.3, 0.4) is 0 Å². The fourth-order valence-electron chi connectivity index (χ4n) is 3.04. The molecule has 4 aromatic heterocycles. The molecule has 8 nitrogen and oxygen atoms in total. The van der Waals surface area contributed by atoms with Gasteiger partial charge in [0, 0.05) is 35.9 Å². The molecular weight excluding hydrogens is 405 g/mol. The quantitative estimate of drug-likeness (QED) is 0.479. The number of amides is 1. The van der Waals surface area contributed by atoms with Gasteiger partial charge in [-0.05, 0) is 37.3 Å². The number of carbonyl (C=O) groups excluding carboxylic acids is 1. The Bertz CT molecular complexity index is 1360. The van der Waals surface area contributed by atoms with Crippen LogP contribution in [-0.2, 0) is 0 Å². The summed E-state index contributed by atoms with van der Waals surface area (Å²) in [5.41, 5.74) is 2.29. The van der Waals surface area contributed by atoms with E-state index in [2.05, 4.69) is 25.4 Å². The van der Waals surface area contributed by atoms with E-state index < -0.39 is 0 Å². The van der Waals surface area contributed by atoms with Gasteiger partial charge < -0.3 is 5.32 Å². The van der Waals surface area contributed by atoms with Crippen LogP contribution in [0.25, 0.3) is 22.0 Å². The van der Waals surface area contributed by atoms with Crippen molar-refractivity contribution in [3.63, 3.8) is 0 Å². The van der Waals surface area contributed by atoms with E-state index in [9.17, 15) is 9.18 Å². The Morgan fingerprint density at radius 1 is 1.20 bits per heavy atom. The standard InChI is InChI=1S/C20H14FN7OS/c1-12-18(19(29)26-16-9-17(23-11-22-16)28-8-2-7-24-28)30-20-25-15(10-27(12)20)13-3-5-14(21)6-4-13/h2-11H,1H3,(H,22,23,26,29). The van der Waals surface area contributed by atoms with Crippen LogP contribution in [0.2, 0.25) is 0 Å². The van der Waals surface area contributed by atoms with Crippen molar-refractivity contribution in [2.75, 3.05) is 5.32 Å². The number of halogens is 1. The average Bonchev–Trinajstić information content (AvgIpc) is 3.47. The molecule has 1 amide bonds. The third-order valence-corrected chi connectivity index (χ3v) is 5.69. The number of imidazole rings is 1. The molecule has 30 heavy (non-hydrogen) atoms. The first-order valence-corrected chi connectivity index (χ1v) is 9.78. The zero-order chi connectivity index (χ0) is 20.7. The predicted molar refractivity (Wildman–Crippen MR) is 110 cm³/mol. The van der Waals surface area contributed by atoms with Crippen molar-refractivity contribution < 1.29 is 9.18 Å². The average molecular weight is 419 g/mol. The van der Waals surface area contributed by atoms with Gasteiger partial charge in [0.1, 0.15) is 22.8 Å².